The standard InChI is InChI=1S/C22H32N2O3/c1-14(2)26-17-10-9-16(19(12-17)27-15(3)4)13-23-24-21(25)20-18-8-6-7-11-22(18,20)5/h9-10,12-15,18,20H,6-8,11H2,1-5H3,(H,24,25)/b23-13-/t18-,20-,22+/m1/s1. The van der Waals surface area contributed by atoms with Crippen LogP contribution >= 0.6 is 0 Å². The molecule has 0 saturated heterocycles. The zero-order valence-corrected chi connectivity index (χ0v) is 17.1. The molecule has 2 saturated carbocycles. The number of hydrogen-bond acceptors (Lipinski definition) is 4. The summed E-state index contributed by atoms with van der Waals surface area (Å²) in [6, 6.07) is 5.68. The molecule has 2 aliphatic rings. The van der Waals surface area contributed by atoms with Crippen molar-refractivity contribution in [3.8, 4) is 11.5 Å². The average molecular weight is 373 g/mol. The third-order valence-corrected chi connectivity index (χ3v) is 5.71. The molecule has 3 rings (SSSR count). The molecule has 0 unspecified atom stereocenters. The summed E-state index contributed by atoms with van der Waals surface area (Å²) in [6.07, 6.45) is 6.60. The lowest BCUT2D eigenvalue weighted by Crippen LogP contribution is -2.22. The number of hydrogen-bond donors (Lipinski definition) is 1. The number of carbonyl (C=O) groups excluding carboxylic acids is 1. The summed E-state index contributed by atoms with van der Waals surface area (Å²) in [5, 5.41) is 4.20. The van der Waals surface area contributed by atoms with Gasteiger partial charge in [0.25, 0.3) is 0 Å². The fraction of sp³-hybridized carbons (Fsp3) is 0.636. The average Bonchev–Trinajstić information content (AvgIpc) is 3.21. The van der Waals surface area contributed by atoms with Gasteiger partial charge in [0.05, 0.1) is 18.4 Å². The molecule has 0 radical (unpaired) electrons. The van der Waals surface area contributed by atoms with Gasteiger partial charge in [-0.25, -0.2) is 5.43 Å². The maximum Gasteiger partial charge on any atom is 0.244 e. The Balaban J connectivity index is 1.66. The van der Waals surface area contributed by atoms with Crippen LogP contribution in [0, 0.1) is 17.3 Å². The van der Waals surface area contributed by atoms with E-state index in [1.54, 1.807) is 6.21 Å². The van der Waals surface area contributed by atoms with Crippen molar-refractivity contribution in [2.45, 2.75) is 72.5 Å². The second kappa shape index (κ2) is 7.91. The first kappa shape index (κ1) is 19.7. The van der Waals surface area contributed by atoms with Crippen LogP contribution in [0.5, 0.6) is 11.5 Å². The predicted molar refractivity (Wildman–Crippen MR) is 107 cm³/mol. The van der Waals surface area contributed by atoms with E-state index < -0.39 is 0 Å². The maximum atomic E-state index is 12.5. The van der Waals surface area contributed by atoms with Gasteiger partial charge in [0.1, 0.15) is 11.5 Å². The van der Waals surface area contributed by atoms with Gasteiger partial charge in [-0.15, -0.1) is 0 Å². The monoisotopic (exact) mass is 372 g/mol. The highest BCUT2D eigenvalue weighted by molar-refractivity contribution is 5.87. The number of fused-ring (bicyclic) bond motifs is 1. The molecule has 1 aromatic carbocycles. The van der Waals surface area contributed by atoms with E-state index in [2.05, 4.69) is 17.5 Å². The summed E-state index contributed by atoms with van der Waals surface area (Å²) < 4.78 is 11.6. The molecule has 148 valence electrons. The largest absolute Gasteiger partial charge is 0.491 e. The van der Waals surface area contributed by atoms with Gasteiger partial charge in [0.15, 0.2) is 0 Å². The molecule has 27 heavy (non-hydrogen) atoms. The lowest BCUT2D eigenvalue weighted by atomic mass is 9.90. The van der Waals surface area contributed by atoms with Crippen molar-refractivity contribution < 1.29 is 14.3 Å². The second-order valence-electron chi connectivity index (χ2n) is 8.60. The molecule has 0 heterocycles. The van der Waals surface area contributed by atoms with Crippen LogP contribution in [0.25, 0.3) is 0 Å². The Bertz CT molecular complexity index is 714. The SMILES string of the molecule is CC(C)Oc1ccc(/C=N\NC(=O)[C@H]2[C@H]3CCCC[C@@]32C)c(OC(C)C)c1. The molecular weight excluding hydrogens is 340 g/mol. The molecular formula is C22H32N2O3. The number of benzene rings is 1. The number of nitrogens with one attached hydrogen (secondary N) is 1. The number of nitrogens with zero attached hydrogens (tertiary/aromatic N) is 1. The molecule has 1 N–H and O–H groups in total. The van der Waals surface area contributed by atoms with E-state index in [0.29, 0.717) is 11.7 Å². The van der Waals surface area contributed by atoms with Gasteiger partial charge in [-0.3, -0.25) is 4.79 Å². The summed E-state index contributed by atoms with van der Waals surface area (Å²) in [7, 11) is 0. The number of ether oxygens (including phenoxy) is 2. The first-order chi connectivity index (χ1) is 12.8. The molecule has 1 amide bonds. The van der Waals surface area contributed by atoms with Crippen molar-refractivity contribution >= 4 is 12.1 Å². The third kappa shape index (κ3) is 4.45. The molecule has 2 fully saturated rings. The Morgan fingerprint density at radius 2 is 1.96 bits per heavy atom. The van der Waals surface area contributed by atoms with Crippen LogP contribution in [0.15, 0.2) is 23.3 Å². The van der Waals surface area contributed by atoms with E-state index in [0.717, 1.165) is 17.7 Å². The fourth-order valence-corrected chi connectivity index (χ4v) is 4.41. The Morgan fingerprint density at radius 1 is 1.22 bits per heavy atom. The summed E-state index contributed by atoms with van der Waals surface area (Å²) >= 11 is 0. The molecule has 2 aliphatic carbocycles. The third-order valence-electron chi connectivity index (χ3n) is 5.71. The van der Waals surface area contributed by atoms with Gasteiger partial charge in [-0.2, -0.15) is 5.10 Å². The van der Waals surface area contributed by atoms with Gasteiger partial charge in [-0.05, 0) is 64.0 Å². The van der Waals surface area contributed by atoms with Crippen LogP contribution < -0.4 is 14.9 Å². The molecule has 3 atom stereocenters. The van der Waals surface area contributed by atoms with Gasteiger partial charge < -0.3 is 9.47 Å². The summed E-state index contributed by atoms with van der Waals surface area (Å²) in [4.78, 5) is 12.5. The molecule has 1 aromatic rings. The van der Waals surface area contributed by atoms with E-state index >= 15 is 0 Å². The first-order valence-corrected chi connectivity index (χ1v) is 10.1. The highest BCUT2D eigenvalue weighted by atomic mass is 16.5. The lowest BCUT2D eigenvalue weighted by Gasteiger charge is -2.16. The van der Waals surface area contributed by atoms with Gasteiger partial charge in [-0.1, -0.05) is 19.8 Å². The van der Waals surface area contributed by atoms with Crippen molar-refractivity contribution in [2.24, 2.45) is 22.4 Å². The van der Waals surface area contributed by atoms with Crippen molar-refractivity contribution in [1.29, 1.82) is 0 Å². The minimum Gasteiger partial charge on any atom is -0.491 e. The molecule has 5 nitrogen and oxygen atoms in total. The Kier molecular flexibility index (Phi) is 5.78. The maximum absolute atomic E-state index is 12.5. The molecule has 0 bridgehead atoms. The summed E-state index contributed by atoms with van der Waals surface area (Å²) in [6.45, 7) is 10.2. The second-order valence-corrected chi connectivity index (χ2v) is 8.60. The van der Waals surface area contributed by atoms with Crippen molar-refractivity contribution in [3.63, 3.8) is 0 Å². The predicted octanol–water partition coefficient (Wildman–Crippen LogP) is 4.54. The molecule has 0 aromatic heterocycles. The Labute approximate surface area is 162 Å². The highest BCUT2D eigenvalue weighted by Crippen LogP contribution is 2.66. The Hall–Kier alpha value is -2.04. The van der Waals surface area contributed by atoms with Crippen molar-refractivity contribution in [3.05, 3.63) is 23.8 Å². The minimum atomic E-state index is 0.0376. The van der Waals surface area contributed by atoms with Crippen LogP contribution in [0.3, 0.4) is 0 Å². The number of amides is 1. The Morgan fingerprint density at radius 3 is 2.59 bits per heavy atom. The quantitative estimate of drug-likeness (QED) is 0.565. The number of rotatable bonds is 7. The molecule has 5 heteroatoms. The summed E-state index contributed by atoms with van der Waals surface area (Å²) in [5.41, 5.74) is 3.76. The van der Waals surface area contributed by atoms with Gasteiger partial charge in [0, 0.05) is 17.5 Å². The van der Waals surface area contributed by atoms with Crippen LogP contribution in [-0.2, 0) is 4.79 Å². The van der Waals surface area contributed by atoms with Gasteiger partial charge in [0.2, 0.25) is 5.91 Å². The molecule has 0 spiro atoms. The van der Waals surface area contributed by atoms with Gasteiger partial charge >= 0.3 is 0 Å². The first-order valence-electron chi connectivity index (χ1n) is 10.1. The molecule has 0 aliphatic heterocycles. The van der Waals surface area contributed by atoms with E-state index in [-0.39, 0.29) is 29.4 Å². The van der Waals surface area contributed by atoms with Crippen LogP contribution in [0.2, 0.25) is 0 Å². The van der Waals surface area contributed by atoms with Crippen molar-refractivity contribution in [2.75, 3.05) is 0 Å². The number of hydrazone groups is 1. The minimum absolute atomic E-state index is 0.0376. The normalized spacial score (nSPS) is 26.9. The van der Waals surface area contributed by atoms with Crippen LogP contribution in [0.4, 0.5) is 0 Å². The van der Waals surface area contributed by atoms with E-state index in [1.165, 1.54) is 19.3 Å². The topological polar surface area (TPSA) is 59.9 Å². The lowest BCUT2D eigenvalue weighted by molar-refractivity contribution is -0.123. The fourth-order valence-electron chi connectivity index (χ4n) is 4.41. The zero-order chi connectivity index (χ0) is 19.6. The van der Waals surface area contributed by atoms with Crippen LogP contribution in [0.1, 0.15) is 65.9 Å². The highest BCUT2D eigenvalue weighted by Gasteiger charge is 2.64. The van der Waals surface area contributed by atoms with E-state index in [9.17, 15) is 4.79 Å². The van der Waals surface area contributed by atoms with Crippen molar-refractivity contribution in [1.82, 2.24) is 5.43 Å². The van der Waals surface area contributed by atoms with E-state index in [4.69, 9.17) is 9.47 Å². The zero-order valence-electron chi connectivity index (χ0n) is 17.1. The smallest absolute Gasteiger partial charge is 0.244 e. The van der Waals surface area contributed by atoms with Crippen LogP contribution in [-0.4, -0.2) is 24.3 Å². The summed E-state index contributed by atoms with van der Waals surface area (Å²) in [5.74, 6) is 2.16. The number of carbonyl (C=O) groups is 1. The van der Waals surface area contributed by atoms with E-state index in [1.807, 2.05) is 45.9 Å².